The Morgan fingerprint density at radius 2 is 1.68 bits per heavy atom. The number of carbonyl (C=O) groups is 2. The van der Waals surface area contributed by atoms with E-state index in [1.165, 1.54) is 0 Å². The van der Waals surface area contributed by atoms with Crippen molar-refractivity contribution in [1.82, 2.24) is 15.3 Å². The molecular weight excluding hydrogens is 520 g/mol. The van der Waals surface area contributed by atoms with Crippen LogP contribution >= 0.6 is 0 Å². The molecule has 41 heavy (non-hydrogen) atoms. The fourth-order valence-corrected chi connectivity index (χ4v) is 4.71. The predicted molar refractivity (Wildman–Crippen MR) is 160 cm³/mol. The lowest BCUT2D eigenvalue weighted by Gasteiger charge is -2.35. The number of methoxy groups -OCH3 is 2. The molecule has 0 unspecified atom stereocenters. The number of piperazine rings is 1. The maximum Gasteiger partial charge on any atom is 0.271 e. The van der Waals surface area contributed by atoms with E-state index in [0.29, 0.717) is 48.9 Å². The first-order valence-corrected chi connectivity index (χ1v) is 13.3. The third-order valence-corrected chi connectivity index (χ3v) is 6.86. The number of hydrogen-bond acceptors (Lipinski definition) is 8. The molecule has 2 heterocycles. The van der Waals surface area contributed by atoms with Gasteiger partial charge in [-0.15, -0.1) is 0 Å². The number of nitrogens with one attached hydrogen (secondary N) is 2. The molecule has 1 aliphatic rings. The summed E-state index contributed by atoms with van der Waals surface area (Å²) in [5.41, 5.74) is 5.38. The second kappa shape index (κ2) is 12.9. The maximum absolute atomic E-state index is 12.8. The van der Waals surface area contributed by atoms with Gasteiger partial charge in [-0.25, -0.2) is 10.4 Å². The van der Waals surface area contributed by atoms with Crippen molar-refractivity contribution in [3.05, 3.63) is 90.0 Å². The molecule has 2 N–H and O–H groups in total. The second-order valence-corrected chi connectivity index (χ2v) is 9.54. The zero-order valence-electron chi connectivity index (χ0n) is 23.0. The minimum Gasteiger partial charge on any atom is -0.497 e. The van der Waals surface area contributed by atoms with Crippen molar-refractivity contribution in [2.24, 2.45) is 5.10 Å². The van der Waals surface area contributed by atoms with Crippen LogP contribution in [0.5, 0.6) is 11.5 Å². The number of aromatic nitrogens is 1. The van der Waals surface area contributed by atoms with Crippen molar-refractivity contribution in [3.63, 3.8) is 0 Å². The zero-order chi connectivity index (χ0) is 28.6. The highest BCUT2D eigenvalue weighted by atomic mass is 16.5. The fraction of sp³-hybridized carbons (Fsp3) is 0.226. The van der Waals surface area contributed by atoms with Gasteiger partial charge in [0.2, 0.25) is 5.91 Å². The van der Waals surface area contributed by atoms with Gasteiger partial charge >= 0.3 is 0 Å². The summed E-state index contributed by atoms with van der Waals surface area (Å²) in [5.74, 6) is 1.58. The third kappa shape index (κ3) is 6.79. The lowest BCUT2D eigenvalue weighted by Crippen LogP contribution is -2.49. The summed E-state index contributed by atoms with van der Waals surface area (Å²) in [5, 5.41) is 8.15. The number of fused-ring (bicyclic) bond motifs is 1. The molecule has 0 spiro atoms. The highest BCUT2D eigenvalue weighted by Gasteiger charge is 2.22. The Morgan fingerprint density at radius 1 is 0.927 bits per heavy atom. The molecule has 0 radical (unpaired) electrons. The Morgan fingerprint density at radius 3 is 2.44 bits per heavy atom. The minimum absolute atomic E-state index is 0.129. The van der Waals surface area contributed by atoms with Crippen LogP contribution in [0.2, 0.25) is 0 Å². The van der Waals surface area contributed by atoms with E-state index in [4.69, 9.17) is 14.5 Å². The maximum atomic E-state index is 12.8. The average molecular weight is 553 g/mol. The number of hydrogen-bond donors (Lipinski definition) is 2. The third-order valence-electron chi connectivity index (χ3n) is 6.86. The van der Waals surface area contributed by atoms with Crippen LogP contribution in [0, 0.1) is 0 Å². The van der Waals surface area contributed by atoms with Crippen LogP contribution in [0.3, 0.4) is 0 Å². The molecule has 2 amide bonds. The summed E-state index contributed by atoms with van der Waals surface area (Å²) < 4.78 is 10.6. The molecule has 210 valence electrons. The van der Waals surface area contributed by atoms with Gasteiger partial charge in [0.15, 0.2) is 0 Å². The molecule has 1 fully saturated rings. The summed E-state index contributed by atoms with van der Waals surface area (Å²) in [4.78, 5) is 34.5. The van der Waals surface area contributed by atoms with E-state index in [-0.39, 0.29) is 18.4 Å². The van der Waals surface area contributed by atoms with Gasteiger partial charge in [-0.3, -0.25) is 14.5 Å². The van der Waals surface area contributed by atoms with Crippen LogP contribution < -0.4 is 25.1 Å². The van der Waals surface area contributed by atoms with Gasteiger partial charge in [0.05, 0.1) is 38.2 Å². The Bertz CT molecular complexity index is 1550. The molecule has 1 saturated heterocycles. The lowest BCUT2D eigenvalue weighted by molar-refractivity contribution is -0.117. The first kappa shape index (κ1) is 27.6. The SMILES string of the molecule is COc1ccc(OC)c(NC(=O)CN2CCN(c3nc4ccccc4cc3/C=N/NC(=O)c3ccccc3)CC2)c1. The quantitative estimate of drug-likeness (QED) is 0.240. The van der Waals surface area contributed by atoms with Crippen LogP contribution in [-0.2, 0) is 4.79 Å². The van der Waals surface area contributed by atoms with E-state index in [2.05, 4.69) is 25.6 Å². The molecule has 0 bridgehead atoms. The number of amides is 2. The van der Waals surface area contributed by atoms with Gasteiger partial charge in [-0.1, -0.05) is 36.4 Å². The first-order valence-electron chi connectivity index (χ1n) is 13.3. The monoisotopic (exact) mass is 552 g/mol. The van der Waals surface area contributed by atoms with Crippen LogP contribution in [0.15, 0.2) is 84.0 Å². The number of rotatable bonds is 9. The van der Waals surface area contributed by atoms with E-state index >= 15 is 0 Å². The summed E-state index contributed by atoms with van der Waals surface area (Å²) in [7, 11) is 3.14. The molecule has 10 heteroatoms. The fourth-order valence-electron chi connectivity index (χ4n) is 4.71. The van der Waals surface area contributed by atoms with Crippen molar-refractivity contribution < 1.29 is 19.1 Å². The van der Waals surface area contributed by atoms with Crippen LogP contribution in [-0.4, -0.2) is 74.9 Å². The highest BCUT2D eigenvalue weighted by molar-refractivity contribution is 5.97. The first-order chi connectivity index (χ1) is 20.0. The molecule has 3 aromatic carbocycles. The van der Waals surface area contributed by atoms with Crippen molar-refractivity contribution in [2.45, 2.75) is 0 Å². The van der Waals surface area contributed by atoms with E-state index in [1.807, 2.05) is 48.5 Å². The smallest absolute Gasteiger partial charge is 0.271 e. The molecule has 5 rings (SSSR count). The topological polar surface area (TPSA) is 108 Å². The highest BCUT2D eigenvalue weighted by Crippen LogP contribution is 2.29. The number of hydrazone groups is 1. The number of anilines is 2. The Balaban J connectivity index is 1.25. The number of nitrogens with zero attached hydrogens (tertiary/aromatic N) is 4. The zero-order valence-corrected chi connectivity index (χ0v) is 23.0. The summed E-state index contributed by atoms with van der Waals surface area (Å²) in [6.45, 7) is 2.97. The molecule has 10 nitrogen and oxygen atoms in total. The van der Waals surface area contributed by atoms with Crippen molar-refractivity contribution in [3.8, 4) is 11.5 Å². The van der Waals surface area contributed by atoms with Crippen molar-refractivity contribution in [1.29, 1.82) is 0 Å². The summed E-state index contributed by atoms with van der Waals surface area (Å²) in [6, 6.07) is 24.2. The normalized spacial score (nSPS) is 13.8. The van der Waals surface area contributed by atoms with E-state index in [0.717, 1.165) is 22.3 Å². The molecule has 1 aromatic heterocycles. The number of para-hydroxylation sites is 1. The number of pyridine rings is 1. The van der Waals surface area contributed by atoms with Gasteiger partial charge in [0.1, 0.15) is 17.3 Å². The van der Waals surface area contributed by atoms with Crippen molar-refractivity contribution >= 4 is 40.4 Å². The van der Waals surface area contributed by atoms with Gasteiger partial charge in [-0.2, -0.15) is 5.10 Å². The van der Waals surface area contributed by atoms with Crippen molar-refractivity contribution in [2.75, 3.05) is 57.2 Å². The average Bonchev–Trinajstić information content (AvgIpc) is 3.01. The van der Waals surface area contributed by atoms with E-state index in [9.17, 15) is 9.59 Å². The molecule has 0 aliphatic carbocycles. The lowest BCUT2D eigenvalue weighted by atomic mass is 10.1. The Kier molecular flexibility index (Phi) is 8.70. The van der Waals surface area contributed by atoms with E-state index < -0.39 is 0 Å². The molecule has 0 atom stereocenters. The van der Waals surface area contributed by atoms with Gasteiger partial charge in [-0.05, 0) is 36.4 Å². The molecule has 0 saturated carbocycles. The standard InChI is InChI=1S/C31H32N6O4/c1-40-25-12-13-28(41-2)27(19-25)33-29(38)21-36-14-16-37(17-15-36)30-24(18-23-10-6-7-11-26(23)34-30)20-32-35-31(39)22-8-4-3-5-9-22/h3-13,18-20H,14-17,21H2,1-2H3,(H,33,38)(H,35,39)/b32-20+. The molecule has 1 aliphatic heterocycles. The number of benzene rings is 3. The summed E-state index contributed by atoms with van der Waals surface area (Å²) >= 11 is 0. The molecular formula is C31H32N6O4. The summed E-state index contributed by atoms with van der Waals surface area (Å²) in [6.07, 6.45) is 1.64. The second-order valence-electron chi connectivity index (χ2n) is 9.54. The Labute approximate surface area is 238 Å². The van der Waals surface area contributed by atoms with Crippen LogP contribution in [0.1, 0.15) is 15.9 Å². The minimum atomic E-state index is -0.282. The van der Waals surface area contributed by atoms with Gasteiger partial charge in [0.25, 0.3) is 5.91 Å². The van der Waals surface area contributed by atoms with Crippen LogP contribution in [0.25, 0.3) is 10.9 Å². The number of carbonyl (C=O) groups excluding carboxylic acids is 2. The van der Waals surface area contributed by atoms with Crippen LogP contribution in [0.4, 0.5) is 11.5 Å². The van der Waals surface area contributed by atoms with Gasteiger partial charge in [0, 0.05) is 48.8 Å². The predicted octanol–water partition coefficient (Wildman–Crippen LogP) is 3.78. The van der Waals surface area contributed by atoms with E-state index in [1.54, 1.807) is 50.8 Å². The largest absolute Gasteiger partial charge is 0.497 e. The molecule has 4 aromatic rings. The number of ether oxygens (including phenoxy) is 2. The Hall–Kier alpha value is -4.96. The van der Waals surface area contributed by atoms with Gasteiger partial charge < -0.3 is 19.7 Å².